The summed E-state index contributed by atoms with van der Waals surface area (Å²) >= 11 is 2.96. The Kier molecular flexibility index (Phi) is 4.99. The van der Waals surface area contributed by atoms with Gasteiger partial charge in [-0.25, -0.2) is 4.98 Å². The van der Waals surface area contributed by atoms with Gasteiger partial charge in [-0.3, -0.25) is 9.36 Å². The Hall–Kier alpha value is -2.41. The summed E-state index contributed by atoms with van der Waals surface area (Å²) in [5.74, 6) is 0.927. The number of rotatable bonds is 6. The molecule has 2 aromatic heterocycles. The predicted octanol–water partition coefficient (Wildman–Crippen LogP) is 5.15. The lowest BCUT2D eigenvalue weighted by Gasteiger charge is -2.15. The number of para-hydroxylation sites is 1. The number of hydrogen-bond acceptors (Lipinski definition) is 5. The quantitative estimate of drug-likeness (QED) is 0.346. The van der Waals surface area contributed by atoms with Gasteiger partial charge in [-0.2, -0.15) is 0 Å². The average molecular weight is 421 g/mol. The van der Waals surface area contributed by atoms with Crippen LogP contribution in [0.3, 0.4) is 0 Å². The Labute approximate surface area is 176 Å². The van der Waals surface area contributed by atoms with Crippen LogP contribution < -0.4 is 5.56 Å². The van der Waals surface area contributed by atoms with E-state index in [0.717, 1.165) is 39.9 Å². The van der Waals surface area contributed by atoms with Crippen LogP contribution in [-0.4, -0.2) is 20.4 Å². The SMILES string of the molecule is O=c1c2c(C3CC3)csc2nc(SC[C@H](O)c2ccccc2)n1-c1ccccc1. The van der Waals surface area contributed by atoms with E-state index in [4.69, 9.17) is 4.98 Å². The Morgan fingerprint density at radius 2 is 1.79 bits per heavy atom. The zero-order valence-electron chi connectivity index (χ0n) is 15.7. The van der Waals surface area contributed by atoms with Crippen molar-refractivity contribution in [1.29, 1.82) is 0 Å². The molecule has 2 heterocycles. The van der Waals surface area contributed by atoms with Crippen molar-refractivity contribution >= 4 is 33.3 Å². The molecular weight excluding hydrogens is 400 g/mol. The van der Waals surface area contributed by atoms with Crippen LogP contribution in [-0.2, 0) is 0 Å². The van der Waals surface area contributed by atoms with Crippen molar-refractivity contribution in [2.24, 2.45) is 0 Å². The number of aliphatic hydroxyl groups is 1. The predicted molar refractivity (Wildman–Crippen MR) is 119 cm³/mol. The molecule has 1 N–H and O–H groups in total. The van der Waals surface area contributed by atoms with Gasteiger partial charge in [0.15, 0.2) is 5.16 Å². The number of nitrogens with zero attached hydrogens (tertiary/aromatic N) is 2. The molecule has 146 valence electrons. The molecule has 2 aromatic carbocycles. The van der Waals surface area contributed by atoms with Crippen molar-refractivity contribution in [2.75, 3.05) is 5.75 Å². The van der Waals surface area contributed by atoms with Gasteiger partial charge in [0.25, 0.3) is 5.56 Å². The van der Waals surface area contributed by atoms with Gasteiger partial charge >= 0.3 is 0 Å². The molecule has 0 radical (unpaired) electrons. The maximum atomic E-state index is 13.5. The Morgan fingerprint density at radius 1 is 1.10 bits per heavy atom. The lowest BCUT2D eigenvalue weighted by atomic mass is 10.1. The summed E-state index contributed by atoms with van der Waals surface area (Å²) in [6.07, 6.45) is 1.68. The van der Waals surface area contributed by atoms with Gasteiger partial charge in [0.05, 0.1) is 17.2 Å². The van der Waals surface area contributed by atoms with Gasteiger partial charge in [0, 0.05) is 5.75 Å². The molecule has 0 amide bonds. The summed E-state index contributed by atoms with van der Waals surface area (Å²) in [5, 5.41) is 14.1. The number of thiophene rings is 1. The topological polar surface area (TPSA) is 55.1 Å². The maximum Gasteiger partial charge on any atom is 0.267 e. The number of benzene rings is 2. The minimum Gasteiger partial charge on any atom is -0.388 e. The molecule has 1 aliphatic rings. The number of thioether (sulfide) groups is 1. The molecule has 1 aliphatic carbocycles. The van der Waals surface area contributed by atoms with Crippen LogP contribution >= 0.6 is 23.1 Å². The molecule has 0 spiro atoms. The molecule has 1 saturated carbocycles. The lowest BCUT2D eigenvalue weighted by Crippen LogP contribution is -2.22. The molecular formula is C23H20N2O2S2. The second-order valence-electron chi connectivity index (χ2n) is 7.25. The number of fused-ring (bicyclic) bond motifs is 1. The third-order valence-electron chi connectivity index (χ3n) is 5.19. The average Bonchev–Trinajstić information content (AvgIpc) is 3.52. The molecule has 0 bridgehead atoms. The fourth-order valence-corrected chi connectivity index (χ4v) is 5.56. The monoisotopic (exact) mass is 420 g/mol. The smallest absolute Gasteiger partial charge is 0.267 e. The van der Waals surface area contributed by atoms with Crippen LogP contribution in [0.1, 0.15) is 36.0 Å². The molecule has 5 rings (SSSR count). The highest BCUT2D eigenvalue weighted by Crippen LogP contribution is 2.44. The maximum absolute atomic E-state index is 13.5. The van der Waals surface area contributed by atoms with E-state index in [0.29, 0.717) is 16.8 Å². The molecule has 0 unspecified atom stereocenters. The van der Waals surface area contributed by atoms with Crippen LogP contribution in [0.15, 0.2) is 76.0 Å². The number of hydrogen-bond donors (Lipinski definition) is 1. The largest absolute Gasteiger partial charge is 0.388 e. The number of aromatic nitrogens is 2. The number of aliphatic hydroxyl groups excluding tert-OH is 1. The first kappa shape index (κ1) is 18.6. The van der Waals surface area contributed by atoms with Crippen LogP contribution in [0.4, 0.5) is 0 Å². The lowest BCUT2D eigenvalue weighted by molar-refractivity contribution is 0.204. The summed E-state index contributed by atoms with van der Waals surface area (Å²) in [6, 6.07) is 19.2. The van der Waals surface area contributed by atoms with Crippen molar-refractivity contribution in [3.05, 3.63) is 87.5 Å². The van der Waals surface area contributed by atoms with E-state index in [-0.39, 0.29) is 5.56 Å². The molecule has 0 saturated heterocycles. The summed E-state index contributed by atoms with van der Waals surface area (Å²) < 4.78 is 1.70. The molecule has 4 aromatic rings. The highest BCUT2D eigenvalue weighted by Gasteiger charge is 2.29. The van der Waals surface area contributed by atoms with Gasteiger partial charge in [-0.05, 0) is 47.4 Å². The van der Waals surface area contributed by atoms with Crippen molar-refractivity contribution in [3.8, 4) is 5.69 Å². The Balaban J connectivity index is 1.57. The fourth-order valence-electron chi connectivity index (χ4n) is 3.51. The molecule has 1 atom stereocenters. The Bertz CT molecular complexity index is 1200. The van der Waals surface area contributed by atoms with Gasteiger partial charge < -0.3 is 5.11 Å². The van der Waals surface area contributed by atoms with E-state index in [2.05, 4.69) is 5.38 Å². The van der Waals surface area contributed by atoms with E-state index in [1.165, 1.54) is 11.8 Å². The fraction of sp³-hybridized carbons (Fsp3) is 0.217. The molecule has 6 heteroatoms. The first-order valence-corrected chi connectivity index (χ1v) is 11.5. The second-order valence-corrected chi connectivity index (χ2v) is 9.10. The summed E-state index contributed by atoms with van der Waals surface area (Å²) in [5.41, 5.74) is 2.80. The highest BCUT2D eigenvalue weighted by molar-refractivity contribution is 7.99. The Morgan fingerprint density at radius 3 is 2.48 bits per heavy atom. The minimum absolute atomic E-state index is 0.0129. The van der Waals surface area contributed by atoms with Crippen LogP contribution in [0, 0.1) is 0 Å². The van der Waals surface area contributed by atoms with Crippen LogP contribution in [0.25, 0.3) is 15.9 Å². The first-order valence-electron chi connectivity index (χ1n) is 9.68. The van der Waals surface area contributed by atoms with Gasteiger partial charge in [0.1, 0.15) is 4.83 Å². The van der Waals surface area contributed by atoms with Crippen molar-refractivity contribution in [3.63, 3.8) is 0 Å². The van der Waals surface area contributed by atoms with Crippen LogP contribution in [0.5, 0.6) is 0 Å². The van der Waals surface area contributed by atoms with Gasteiger partial charge in [-0.15, -0.1) is 11.3 Å². The summed E-state index contributed by atoms with van der Waals surface area (Å²) in [7, 11) is 0. The summed E-state index contributed by atoms with van der Waals surface area (Å²) in [4.78, 5) is 19.2. The third-order valence-corrected chi connectivity index (χ3v) is 7.10. The third kappa shape index (κ3) is 3.64. The van der Waals surface area contributed by atoms with E-state index in [1.807, 2.05) is 60.7 Å². The molecule has 1 fully saturated rings. The van der Waals surface area contributed by atoms with E-state index >= 15 is 0 Å². The summed E-state index contributed by atoms with van der Waals surface area (Å²) in [6.45, 7) is 0. The molecule has 0 aliphatic heterocycles. The van der Waals surface area contributed by atoms with Crippen molar-refractivity contribution in [1.82, 2.24) is 9.55 Å². The normalized spacial score (nSPS) is 14.9. The zero-order valence-corrected chi connectivity index (χ0v) is 17.3. The first-order chi connectivity index (χ1) is 14.2. The standard InChI is InChI=1S/C23H20N2O2S2/c26-19(16-7-3-1-4-8-16)14-29-23-24-21-20(18(13-28-21)15-11-12-15)22(27)25(23)17-9-5-2-6-10-17/h1-10,13,15,19,26H,11-12,14H2/t19-/m0/s1. The highest BCUT2D eigenvalue weighted by atomic mass is 32.2. The van der Waals surface area contributed by atoms with Crippen LogP contribution in [0.2, 0.25) is 0 Å². The van der Waals surface area contributed by atoms with E-state index in [9.17, 15) is 9.90 Å². The van der Waals surface area contributed by atoms with Gasteiger partial charge in [0.2, 0.25) is 0 Å². The molecule has 29 heavy (non-hydrogen) atoms. The van der Waals surface area contributed by atoms with E-state index < -0.39 is 6.10 Å². The molecule has 4 nitrogen and oxygen atoms in total. The van der Waals surface area contributed by atoms with E-state index in [1.54, 1.807) is 15.9 Å². The minimum atomic E-state index is -0.622. The van der Waals surface area contributed by atoms with Crippen molar-refractivity contribution < 1.29 is 5.11 Å². The van der Waals surface area contributed by atoms with Crippen molar-refractivity contribution in [2.45, 2.75) is 30.0 Å². The second kappa shape index (κ2) is 7.78. The van der Waals surface area contributed by atoms with Gasteiger partial charge in [-0.1, -0.05) is 60.3 Å². The zero-order chi connectivity index (χ0) is 19.8.